The number of ether oxygens (including phenoxy) is 1. The zero-order chi connectivity index (χ0) is 12.3. The molecular formula is C9H6N2O4S. The van der Waals surface area contributed by atoms with Crippen molar-refractivity contribution in [1.29, 1.82) is 5.26 Å². The van der Waals surface area contributed by atoms with Crippen LogP contribution in [0.2, 0.25) is 0 Å². The van der Waals surface area contributed by atoms with Gasteiger partial charge in [-0.3, -0.25) is 10.1 Å². The maximum Gasteiger partial charge on any atom is 0.346 e. The number of methoxy groups -OCH3 is 1. The van der Waals surface area contributed by atoms with Crippen molar-refractivity contribution in [2.24, 2.45) is 0 Å². The van der Waals surface area contributed by atoms with Gasteiger partial charge in [-0.2, -0.15) is 5.26 Å². The lowest BCUT2D eigenvalue weighted by Gasteiger charge is -2.04. The van der Waals surface area contributed by atoms with E-state index in [0.29, 0.717) is 0 Å². The predicted molar refractivity (Wildman–Crippen MR) is 56.4 cm³/mol. The van der Waals surface area contributed by atoms with Gasteiger partial charge >= 0.3 is 5.97 Å². The quantitative estimate of drug-likeness (QED) is 0.365. The molecule has 0 aliphatic carbocycles. The van der Waals surface area contributed by atoms with Crippen molar-refractivity contribution in [2.75, 3.05) is 7.11 Å². The first-order valence-corrected chi connectivity index (χ1v) is 4.46. The van der Waals surface area contributed by atoms with E-state index < -0.39 is 16.6 Å². The van der Waals surface area contributed by atoms with Crippen LogP contribution in [0.5, 0.6) is 0 Å². The molecule has 0 unspecified atom stereocenters. The molecule has 0 amide bonds. The SMILES string of the molecule is COC(=O)c1c([N+](=O)[O-])ccc(S)c1C#N. The molecule has 0 saturated heterocycles. The van der Waals surface area contributed by atoms with Gasteiger partial charge in [0.1, 0.15) is 6.07 Å². The summed E-state index contributed by atoms with van der Waals surface area (Å²) in [5.41, 5.74) is -1.01. The van der Waals surface area contributed by atoms with Crippen LogP contribution in [-0.4, -0.2) is 18.0 Å². The van der Waals surface area contributed by atoms with Gasteiger partial charge in [0, 0.05) is 11.0 Å². The Bertz CT molecular complexity index is 507. The molecule has 0 fully saturated rings. The van der Waals surface area contributed by atoms with Crippen LogP contribution in [0.25, 0.3) is 0 Å². The Kier molecular flexibility index (Phi) is 3.48. The number of thiol groups is 1. The Labute approximate surface area is 96.0 Å². The summed E-state index contributed by atoms with van der Waals surface area (Å²) in [4.78, 5) is 21.5. The highest BCUT2D eigenvalue weighted by atomic mass is 32.1. The van der Waals surface area contributed by atoms with Gasteiger partial charge in [-0.15, -0.1) is 12.6 Å². The second-order valence-electron chi connectivity index (χ2n) is 2.71. The number of nitrogens with zero attached hydrogens (tertiary/aromatic N) is 2. The largest absolute Gasteiger partial charge is 0.465 e. The van der Waals surface area contributed by atoms with E-state index in [1.807, 2.05) is 0 Å². The fourth-order valence-corrected chi connectivity index (χ4v) is 1.39. The number of nitriles is 1. The molecule has 0 spiro atoms. The Morgan fingerprint density at radius 3 is 2.69 bits per heavy atom. The molecule has 0 aliphatic heterocycles. The van der Waals surface area contributed by atoms with Gasteiger partial charge < -0.3 is 4.74 Å². The van der Waals surface area contributed by atoms with E-state index in [2.05, 4.69) is 17.4 Å². The van der Waals surface area contributed by atoms with Crippen molar-refractivity contribution in [2.45, 2.75) is 4.90 Å². The van der Waals surface area contributed by atoms with Crippen molar-refractivity contribution >= 4 is 24.3 Å². The molecule has 0 N–H and O–H groups in total. The topological polar surface area (TPSA) is 93.2 Å². The third-order valence-electron chi connectivity index (χ3n) is 1.86. The highest BCUT2D eigenvalue weighted by Crippen LogP contribution is 2.27. The summed E-state index contributed by atoms with van der Waals surface area (Å²) in [7, 11) is 1.08. The normalized spacial score (nSPS) is 9.31. The summed E-state index contributed by atoms with van der Waals surface area (Å²) in [6, 6.07) is 4.08. The molecule has 7 heteroatoms. The Morgan fingerprint density at radius 1 is 1.62 bits per heavy atom. The van der Waals surface area contributed by atoms with E-state index in [0.717, 1.165) is 13.2 Å². The Hall–Kier alpha value is -2.07. The third kappa shape index (κ3) is 1.97. The lowest BCUT2D eigenvalue weighted by molar-refractivity contribution is -0.385. The average Bonchev–Trinajstić information content (AvgIpc) is 2.27. The maximum absolute atomic E-state index is 11.4. The molecule has 1 aromatic carbocycles. The van der Waals surface area contributed by atoms with Gasteiger partial charge in [0.15, 0.2) is 5.56 Å². The molecule has 0 radical (unpaired) electrons. The van der Waals surface area contributed by atoms with E-state index in [9.17, 15) is 14.9 Å². The molecule has 1 aromatic rings. The number of carbonyl (C=O) groups excluding carboxylic acids is 1. The number of benzene rings is 1. The highest BCUT2D eigenvalue weighted by Gasteiger charge is 2.26. The first-order valence-electron chi connectivity index (χ1n) is 4.01. The number of nitro groups is 1. The Balaban J connectivity index is 3.62. The lowest BCUT2D eigenvalue weighted by Crippen LogP contribution is -2.08. The van der Waals surface area contributed by atoms with Crippen molar-refractivity contribution in [3.05, 3.63) is 33.4 Å². The molecule has 1 rings (SSSR count). The Morgan fingerprint density at radius 2 is 2.25 bits per heavy atom. The fraction of sp³-hybridized carbons (Fsp3) is 0.111. The van der Waals surface area contributed by atoms with Gasteiger partial charge in [-0.05, 0) is 6.07 Å². The summed E-state index contributed by atoms with van der Waals surface area (Å²) >= 11 is 3.94. The standard InChI is InChI=1S/C9H6N2O4S/c1-15-9(12)8-5(4-10)7(16)3-2-6(8)11(13)14/h2-3,16H,1H3. The summed E-state index contributed by atoms with van der Waals surface area (Å²) < 4.78 is 4.40. The molecule has 0 aromatic heterocycles. The smallest absolute Gasteiger partial charge is 0.346 e. The zero-order valence-corrected chi connectivity index (χ0v) is 9.02. The van der Waals surface area contributed by atoms with Crippen LogP contribution in [0.3, 0.4) is 0 Å². The van der Waals surface area contributed by atoms with Crippen molar-refractivity contribution < 1.29 is 14.5 Å². The summed E-state index contributed by atoms with van der Waals surface area (Å²) in [6.07, 6.45) is 0. The lowest BCUT2D eigenvalue weighted by atomic mass is 10.1. The number of esters is 1. The molecule has 0 saturated carbocycles. The number of hydrogen-bond acceptors (Lipinski definition) is 6. The van der Waals surface area contributed by atoms with Crippen LogP contribution < -0.4 is 0 Å². The molecule has 0 atom stereocenters. The van der Waals surface area contributed by atoms with Crippen LogP contribution in [-0.2, 0) is 4.74 Å². The minimum atomic E-state index is -0.931. The average molecular weight is 238 g/mol. The van der Waals surface area contributed by atoms with Gasteiger partial charge in [-0.1, -0.05) is 0 Å². The summed E-state index contributed by atoms with van der Waals surface area (Å²) in [5.74, 6) is -0.931. The molecule has 6 nitrogen and oxygen atoms in total. The van der Waals surface area contributed by atoms with E-state index in [-0.39, 0.29) is 16.0 Å². The molecule has 16 heavy (non-hydrogen) atoms. The van der Waals surface area contributed by atoms with Crippen LogP contribution in [0.15, 0.2) is 17.0 Å². The van der Waals surface area contributed by atoms with Crippen molar-refractivity contribution in [1.82, 2.24) is 0 Å². The minimum absolute atomic E-state index is 0.163. The fourth-order valence-electron chi connectivity index (χ4n) is 1.15. The van der Waals surface area contributed by atoms with E-state index in [1.54, 1.807) is 6.07 Å². The number of nitro benzene ring substituents is 1. The summed E-state index contributed by atoms with van der Waals surface area (Å²) in [5, 5.41) is 19.5. The van der Waals surface area contributed by atoms with Gasteiger partial charge in [0.25, 0.3) is 5.69 Å². The first-order chi connectivity index (χ1) is 7.52. The highest BCUT2D eigenvalue weighted by molar-refractivity contribution is 7.80. The molecule has 0 bridgehead atoms. The van der Waals surface area contributed by atoms with Crippen LogP contribution in [0.1, 0.15) is 15.9 Å². The number of hydrogen-bond donors (Lipinski definition) is 1. The molecular weight excluding hydrogens is 232 g/mol. The minimum Gasteiger partial charge on any atom is -0.465 e. The zero-order valence-electron chi connectivity index (χ0n) is 8.13. The molecule has 0 aliphatic rings. The van der Waals surface area contributed by atoms with Crippen molar-refractivity contribution in [3.63, 3.8) is 0 Å². The number of carbonyl (C=O) groups is 1. The van der Waals surface area contributed by atoms with Crippen molar-refractivity contribution in [3.8, 4) is 6.07 Å². The second kappa shape index (κ2) is 4.63. The number of rotatable bonds is 2. The van der Waals surface area contributed by atoms with E-state index >= 15 is 0 Å². The van der Waals surface area contributed by atoms with Crippen LogP contribution in [0.4, 0.5) is 5.69 Å². The summed E-state index contributed by atoms with van der Waals surface area (Å²) in [6.45, 7) is 0. The first kappa shape index (κ1) is 12.0. The van der Waals surface area contributed by atoms with Gasteiger partial charge in [0.2, 0.25) is 0 Å². The maximum atomic E-state index is 11.4. The van der Waals surface area contributed by atoms with Gasteiger partial charge in [-0.25, -0.2) is 4.79 Å². The molecule has 82 valence electrons. The van der Waals surface area contributed by atoms with Crippen LogP contribution in [0, 0.1) is 21.4 Å². The monoisotopic (exact) mass is 238 g/mol. The van der Waals surface area contributed by atoms with E-state index in [4.69, 9.17) is 5.26 Å². The van der Waals surface area contributed by atoms with Gasteiger partial charge in [0.05, 0.1) is 17.6 Å². The third-order valence-corrected chi connectivity index (χ3v) is 2.23. The van der Waals surface area contributed by atoms with Crippen LogP contribution >= 0.6 is 12.6 Å². The second-order valence-corrected chi connectivity index (χ2v) is 3.20. The van der Waals surface area contributed by atoms with E-state index in [1.165, 1.54) is 6.07 Å². The molecule has 0 heterocycles. The predicted octanol–water partition coefficient (Wildman–Crippen LogP) is 1.54.